The van der Waals surface area contributed by atoms with Gasteiger partial charge in [-0.3, -0.25) is 14.4 Å². The number of methoxy groups -OCH3 is 1. The van der Waals surface area contributed by atoms with Gasteiger partial charge in [0.1, 0.15) is 17.5 Å². The van der Waals surface area contributed by atoms with Gasteiger partial charge in [0.25, 0.3) is 5.91 Å². The minimum atomic E-state index is -0.482. The number of carbonyl (C=O) groups is 3. The van der Waals surface area contributed by atoms with Gasteiger partial charge in [-0.1, -0.05) is 33.1 Å². The van der Waals surface area contributed by atoms with E-state index in [2.05, 4.69) is 5.32 Å². The summed E-state index contributed by atoms with van der Waals surface area (Å²) in [6.45, 7) is 7.29. The maximum absolute atomic E-state index is 13.8. The Bertz CT molecular complexity index is 1140. The number of hydrogen-bond donors (Lipinski definition) is 1. The first-order chi connectivity index (χ1) is 17.7. The summed E-state index contributed by atoms with van der Waals surface area (Å²) >= 11 is 0. The Morgan fingerprint density at radius 3 is 2.49 bits per heavy atom. The van der Waals surface area contributed by atoms with E-state index in [1.165, 1.54) is 6.42 Å². The maximum atomic E-state index is 13.8. The summed E-state index contributed by atoms with van der Waals surface area (Å²) in [5, 5.41) is 4.10. The number of rotatable bonds is 7. The highest BCUT2D eigenvalue weighted by Crippen LogP contribution is 2.29. The molecule has 0 bridgehead atoms. The lowest BCUT2D eigenvalue weighted by atomic mass is 9.83. The van der Waals surface area contributed by atoms with Gasteiger partial charge in [-0.2, -0.15) is 0 Å². The first kappa shape index (κ1) is 27.0. The smallest absolute Gasteiger partial charge is 0.270 e. The van der Waals surface area contributed by atoms with Gasteiger partial charge in [0.15, 0.2) is 0 Å². The molecule has 0 spiro atoms. The van der Waals surface area contributed by atoms with E-state index in [4.69, 9.17) is 4.74 Å². The molecule has 202 valence electrons. The number of nitrogens with zero attached hydrogens (tertiary/aromatic N) is 3. The van der Waals surface area contributed by atoms with Crippen LogP contribution in [0.2, 0.25) is 0 Å². The van der Waals surface area contributed by atoms with E-state index in [0.717, 1.165) is 48.8 Å². The SMILES string of the molecule is CC[C@@H](C)C(=O)N[C@H](C(=O)N1CCN(C(=O)c2cc3ccc(OC)cc3n2C)[C@H](C)C1)C1CCCCC1. The number of fused-ring (bicyclic) bond motifs is 1. The number of benzene rings is 1. The Hall–Kier alpha value is -3.03. The van der Waals surface area contributed by atoms with Gasteiger partial charge in [0.2, 0.25) is 11.8 Å². The molecule has 4 rings (SSSR count). The van der Waals surface area contributed by atoms with E-state index in [0.29, 0.717) is 25.3 Å². The van der Waals surface area contributed by atoms with Crippen molar-refractivity contribution in [1.29, 1.82) is 0 Å². The third kappa shape index (κ3) is 5.63. The van der Waals surface area contributed by atoms with Crippen molar-refractivity contribution in [2.24, 2.45) is 18.9 Å². The summed E-state index contributed by atoms with van der Waals surface area (Å²) in [6, 6.07) is 7.10. The molecule has 0 radical (unpaired) electrons. The molecule has 2 aliphatic rings. The summed E-state index contributed by atoms with van der Waals surface area (Å²) < 4.78 is 7.26. The summed E-state index contributed by atoms with van der Waals surface area (Å²) in [6.07, 6.45) is 6.08. The van der Waals surface area contributed by atoms with E-state index in [-0.39, 0.29) is 35.6 Å². The molecule has 1 aromatic carbocycles. The van der Waals surface area contributed by atoms with Crippen LogP contribution >= 0.6 is 0 Å². The molecule has 3 atom stereocenters. The highest BCUT2D eigenvalue weighted by molar-refractivity contribution is 5.99. The van der Waals surface area contributed by atoms with Crippen LogP contribution in [0.1, 0.15) is 69.8 Å². The first-order valence-corrected chi connectivity index (χ1v) is 13.8. The van der Waals surface area contributed by atoms with Crippen LogP contribution in [0.3, 0.4) is 0 Å². The van der Waals surface area contributed by atoms with E-state index in [1.807, 2.05) is 66.5 Å². The number of aromatic nitrogens is 1. The third-order valence-electron chi connectivity index (χ3n) is 8.42. The molecule has 2 heterocycles. The summed E-state index contributed by atoms with van der Waals surface area (Å²) in [4.78, 5) is 43.8. The zero-order valence-corrected chi connectivity index (χ0v) is 23.0. The van der Waals surface area contributed by atoms with Gasteiger partial charge in [0, 0.05) is 50.1 Å². The van der Waals surface area contributed by atoms with Crippen molar-refractivity contribution in [2.75, 3.05) is 26.7 Å². The van der Waals surface area contributed by atoms with Crippen molar-refractivity contribution >= 4 is 28.6 Å². The van der Waals surface area contributed by atoms with E-state index in [9.17, 15) is 14.4 Å². The predicted molar refractivity (Wildman–Crippen MR) is 145 cm³/mol. The molecule has 3 amide bonds. The average molecular weight is 511 g/mol. The fourth-order valence-electron chi connectivity index (χ4n) is 5.78. The van der Waals surface area contributed by atoms with Crippen LogP contribution in [-0.2, 0) is 16.6 Å². The quantitative estimate of drug-likeness (QED) is 0.611. The minimum Gasteiger partial charge on any atom is -0.497 e. The predicted octanol–water partition coefficient (Wildman–Crippen LogP) is 3.97. The average Bonchev–Trinajstić information content (AvgIpc) is 3.26. The molecule has 8 heteroatoms. The molecule has 1 aliphatic carbocycles. The second-order valence-corrected chi connectivity index (χ2v) is 10.8. The lowest BCUT2D eigenvalue weighted by molar-refractivity contribution is -0.141. The van der Waals surface area contributed by atoms with Gasteiger partial charge in [-0.05, 0) is 50.3 Å². The first-order valence-electron chi connectivity index (χ1n) is 13.8. The number of piperazine rings is 1. The summed E-state index contributed by atoms with van der Waals surface area (Å²) in [5.74, 6) is 0.734. The van der Waals surface area contributed by atoms with Crippen molar-refractivity contribution in [2.45, 2.75) is 71.4 Å². The molecule has 1 aromatic heterocycles. The molecule has 8 nitrogen and oxygen atoms in total. The Labute approximate surface area is 220 Å². The van der Waals surface area contributed by atoms with Gasteiger partial charge >= 0.3 is 0 Å². The van der Waals surface area contributed by atoms with Crippen molar-refractivity contribution in [3.63, 3.8) is 0 Å². The zero-order chi connectivity index (χ0) is 26.7. The van der Waals surface area contributed by atoms with Crippen LogP contribution in [-0.4, -0.2) is 70.9 Å². The monoisotopic (exact) mass is 510 g/mol. The third-order valence-corrected chi connectivity index (χ3v) is 8.42. The Morgan fingerprint density at radius 1 is 1.11 bits per heavy atom. The largest absolute Gasteiger partial charge is 0.497 e. The van der Waals surface area contributed by atoms with Gasteiger partial charge in [0.05, 0.1) is 12.6 Å². The normalized spacial score (nSPS) is 20.5. The number of carbonyl (C=O) groups excluding carboxylic acids is 3. The second kappa shape index (κ2) is 11.6. The van der Waals surface area contributed by atoms with Crippen LogP contribution in [0.25, 0.3) is 10.9 Å². The number of hydrogen-bond acceptors (Lipinski definition) is 4. The van der Waals surface area contributed by atoms with Crippen LogP contribution in [0.5, 0.6) is 5.75 Å². The lowest BCUT2D eigenvalue weighted by Crippen LogP contribution is -2.60. The van der Waals surface area contributed by atoms with Gasteiger partial charge < -0.3 is 24.4 Å². The molecule has 2 fully saturated rings. The second-order valence-electron chi connectivity index (χ2n) is 10.8. The number of aryl methyl sites for hydroxylation is 1. The molecule has 1 aliphatic heterocycles. The Balaban J connectivity index is 1.48. The molecule has 2 aromatic rings. The topological polar surface area (TPSA) is 83.9 Å². The fraction of sp³-hybridized carbons (Fsp3) is 0.621. The van der Waals surface area contributed by atoms with Crippen LogP contribution in [0, 0.1) is 11.8 Å². The highest BCUT2D eigenvalue weighted by Gasteiger charge is 2.38. The summed E-state index contributed by atoms with van der Waals surface area (Å²) in [7, 11) is 3.53. The van der Waals surface area contributed by atoms with Gasteiger partial charge in [-0.25, -0.2) is 0 Å². The van der Waals surface area contributed by atoms with Crippen LogP contribution < -0.4 is 10.1 Å². The molecule has 1 N–H and O–H groups in total. The Morgan fingerprint density at radius 2 is 1.84 bits per heavy atom. The van der Waals surface area contributed by atoms with Crippen molar-refractivity contribution in [3.05, 3.63) is 30.0 Å². The summed E-state index contributed by atoms with van der Waals surface area (Å²) in [5.41, 5.74) is 1.56. The number of ether oxygens (including phenoxy) is 1. The van der Waals surface area contributed by atoms with Crippen LogP contribution in [0.15, 0.2) is 24.3 Å². The van der Waals surface area contributed by atoms with Gasteiger partial charge in [-0.15, -0.1) is 0 Å². The zero-order valence-electron chi connectivity index (χ0n) is 23.0. The molecular formula is C29H42N4O4. The lowest BCUT2D eigenvalue weighted by Gasteiger charge is -2.42. The van der Waals surface area contributed by atoms with E-state index >= 15 is 0 Å². The number of amides is 3. The maximum Gasteiger partial charge on any atom is 0.270 e. The van der Waals surface area contributed by atoms with Crippen LogP contribution in [0.4, 0.5) is 0 Å². The molecule has 0 unspecified atom stereocenters. The minimum absolute atomic E-state index is 0.000739. The molecule has 1 saturated carbocycles. The van der Waals surface area contributed by atoms with Crippen molar-refractivity contribution < 1.29 is 19.1 Å². The molecule has 37 heavy (non-hydrogen) atoms. The van der Waals surface area contributed by atoms with Crippen molar-refractivity contribution in [1.82, 2.24) is 19.7 Å². The Kier molecular flexibility index (Phi) is 8.45. The molecule has 1 saturated heterocycles. The van der Waals surface area contributed by atoms with E-state index in [1.54, 1.807) is 7.11 Å². The molecular weight excluding hydrogens is 468 g/mol. The highest BCUT2D eigenvalue weighted by atomic mass is 16.5. The fourth-order valence-corrected chi connectivity index (χ4v) is 5.78. The van der Waals surface area contributed by atoms with Crippen molar-refractivity contribution in [3.8, 4) is 5.75 Å². The standard InChI is InChI=1S/C29H42N4O4/c1-6-19(2)27(34)30-26(21-10-8-7-9-11-21)29(36)32-14-15-33(20(3)18-32)28(35)25-16-22-12-13-23(37-5)17-24(22)31(25)4/h12-13,16-17,19-21,26H,6-11,14-15,18H2,1-5H3,(H,30,34)/t19-,20-,26+/m1/s1. The van der Waals surface area contributed by atoms with E-state index < -0.39 is 6.04 Å². The number of nitrogens with one attached hydrogen (secondary N) is 1.